The smallest absolute Gasteiger partial charge is 0.305 e. The van der Waals surface area contributed by atoms with Crippen molar-refractivity contribution in [1.82, 2.24) is 0 Å². The maximum Gasteiger partial charge on any atom is 0.305 e. The van der Waals surface area contributed by atoms with E-state index < -0.39 is 22.2 Å². The van der Waals surface area contributed by atoms with Crippen molar-refractivity contribution in [3.63, 3.8) is 0 Å². The lowest BCUT2D eigenvalue weighted by Gasteiger charge is -2.08. The Hall–Kier alpha value is -2.21. The van der Waals surface area contributed by atoms with Gasteiger partial charge >= 0.3 is 5.69 Å². The van der Waals surface area contributed by atoms with Crippen LogP contribution in [0.1, 0.15) is 5.56 Å². The third-order valence-corrected chi connectivity index (χ3v) is 2.97. The van der Waals surface area contributed by atoms with Crippen molar-refractivity contribution in [3.05, 3.63) is 68.7 Å². The molecule has 0 aliphatic rings. The Labute approximate surface area is 117 Å². The number of nitro groups is 1. The summed E-state index contributed by atoms with van der Waals surface area (Å²) in [7, 11) is 0. The second-order valence-electron chi connectivity index (χ2n) is 3.87. The molecule has 0 unspecified atom stereocenters. The third-order valence-electron chi connectivity index (χ3n) is 2.54. The standard InChI is InChI=1S/C13H8ClF2NO3/c14-13-8(2-1-3-10(13)15)7-20-9-4-5-12(17(18)19)11(16)6-9/h1-6H,7H2. The zero-order valence-corrected chi connectivity index (χ0v) is 10.7. The van der Waals surface area contributed by atoms with E-state index in [1.54, 1.807) is 6.07 Å². The van der Waals surface area contributed by atoms with Gasteiger partial charge in [0.2, 0.25) is 5.82 Å². The van der Waals surface area contributed by atoms with E-state index in [4.69, 9.17) is 16.3 Å². The van der Waals surface area contributed by atoms with E-state index in [0.29, 0.717) is 5.56 Å². The van der Waals surface area contributed by atoms with Gasteiger partial charge in [0.15, 0.2) is 0 Å². The summed E-state index contributed by atoms with van der Waals surface area (Å²) in [5.41, 5.74) is -0.244. The molecule has 0 amide bonds. The largest absolute Gasteiger partial charge is 0.489 e. The summed E-state index contributed by atoms with van der Waals surface area (Å²) in [4.78, 5) is 9.63. The van der Waals surface area contributed by atoms with Gasteiger partial charge in [-0.3, -0.25) is 10.1 Å². The van der Waals surface area contributed by atoms with Crippen LogP contribution in [-0.2, 0) is 6.61 Å². The van der Waals surface area contributed by atoms with Gasteiger partial charge in [0, 0.05) is 17.7 Å². The number of rotatable bonds is 4. The molecule has 2 aromatic carbocycles. The lowest BCUT2D eigenvalue weighted by atomic mass is 10.2. The number of nitro benzene ring substituents is 1. The van der Waals surface area contributed by atoms with Crippen LogP contribution in [0.5, 0.6) is 5.75 Å². The average Bonchev–Trinajstić information content (AvgIpc) is 2.40. The monoisotopic (exact) mass is 299 g/mol. The van der Waals surface area contributed by atoms with Crippen molar-refractivity contribution in [1.29, 1.82) is 0 Å². The van der Waals surface area contributed by atoms with Gasteiger partial charge in [-0.2, -0.15) is 4.39 Å². The van der Waals surface area contributed by atoms with Crippen LogP contribution in [-0.4, -0.2) is 4.92 Å². The molecular formula is C13H8ClF2NO3. The molecule has 20 heavy (non-hydrogen) atoms. The lowest BCUT2D eigenvalue weighted by molar-refractivity contribution is -0.387. The lowest BCUT2D eigenvalue weighted by Crippen LogP contribution is -1.99. The summed E-state index contributed by atoms with van der Waals surface area (Å²) < 4.78 is 31.8. The van der Waals surface area contributed by atoms with Crippen LogP contribution in [0.15, 0.2) is 36.4 Å². The summed E-state index contributed by atoms with van der Waals surface area (Å²) in [6.07, 6.45) is 0. The first-order chi connectivity index (χ1) is 9.49. The van der Waals surface area contributed by atoms with Crippen molar-refractivity contribution in [3.8, 4) is 5.75 Å². The van der Waals surface area contributed by atoms with Gasteiger partial charge in [-0.25, -0.2) is 4.39 Å². The van der Waals surface area contributed by atoms with Gasteiger partial charge in [0.05, 0.1) is 9.95 Å². The number of benzene rings is 2. The van der Waals surface area contributed by atoms with E-state index in [9.17, 15) is 18.9 Å². The molecule has 0 aromatic heterocycles. The van der Waals surface area contributed by atoms with Crippen molar-refractivity contribution in [2.24, 2.45) is 0 Å². The van der Waals surface area contributed by atoms with Gasteiger partial charge in [-0.15, -0.1) is 0 Å². The highest BCUT2D eigenvalue weighted by atomic mass is 35.5. The molecule has 0 atom stereocenters. The number of ether oxygens (including phenoxy) is 1. The summed E-state index contributed by atoms with van der Waals surface area (Å²) in [6.45, 7) is -0.0756. The Kier molecular flexibility index (Phi) is 4.14. The van der Waals surface area contributed by atoms with Crippen LogP contribution in [0.3, 0.4) is 0 Å². The average molecular weight is 300 g/mol. The second-order valence-corrected chi connectivity index (χ2v) is 4.25. The van der Waals surface area contributed by atoms with Crippen LogP contribution in [0.2, 0.25) is 5.02 Å². The third kappa shape index (κ3) is 3.03. The van der Waals surface area contributed by atoms with Crippen LogP contribution < -0.4 is 4.74 Å². The Bertz CT molecular complexity index is 664. The number of hydrogen-bond donors (Lipinski definition) is 0. The SMILES string of the molecule is O=[N+]([O-])c1ccc(OCc2cccc(F)c2Cl)cc1F. The predicted octanol–water partition coefficient (Wildman–Crippen LogP) is 4.11. The van der Waals surface area contributed by atoms with Crippen LogP contribution >= 0.6 is 11.6 Å². The normalized spacial score (nSPS) is 10.3. The molecule has 104 valence electrons. The highest BCUT2D eigenvalue weighted by Gasteiger charge is 2.14. The zero-order chi connectivity index (χ0) is 14.7. The van der Waals surface area contributed by atoms with Gasteiger partial charge < -0.3 is 4.74 Å². The molecule has 0 spiro atoms. The van der Waals surface area contributed by atoms with E-state index in [1.165, 1.54) is 18.2 Å². The summed E-state index contributed by atoms with van der Waals surface area (Å²) in [6, 6.07) is 7.39. The number of nitrogens with zero attached hydrogens (tertiary/aromatic N) is 1. The van der Waals surface area contributed by atoms with Crippen LogP contribution in [0, 0.1) is 21.7 Å². The fourth-order valence-corrected chi connectivity index (χ4v) is 1.73. The van der Waals surface area contributed by atoms with Crippen molar-refractivity contribution < 1.29 is 18.4 Å². The van der Waals surface area contributed by atoms with E-state index in [2.05, 4.69) is 0 Å². The first kappa shape index (κ1) is 14.2. The molecule has 0 radical (unpaired) electrons. The number of halogens is 3. The molecule has 7 heteroatoms. The molecule has 0 heterocycles. The van der Waals surface area contributed by atoms with E-state index >= 15 is 0 Å². The van der Waals surface area contributed by atoms with Crippen molar-refractivity contribution in [2.45, 2.75) is 6.61 Å². The molecule has 0 fully saturated rings. The van der Waals surface area contributed by atoms with Gasteiger partial charge in [-0.05, 0) is 12.1 Å². The Balaban J connectivity index is 2.13. The maximum absolute atomic E-state index is 13.4. The first-order valence-electron chi connectivity index (χ1n) is 5.48. The minimum absolute atomic E-state index is 0.0742. The topological polar surface area (TPSA) is 52.4 Å². The van der Waals surface area contributed by atoms with E-state index in [-0.39, 0.29) is 17.4 Å². The van der Waals surface area contributed by atoms with Crippen molar-refractivity contribution >= 4 is 17.3 Å². The molecule has 0 saturated carbocycles. The van der Waals surface area contributed by atoms with E-state index in [0.717, 1.165) is 12.1 Å². The van der Waals surface area contributed by atoms with Gasteiger partial charge in [-0.1, -0.05) is 23.7 Å². The predicted molar refractivity (Wildman–Crippen MR) is 68.8 cm³/mol. The molecule has 0 saturated heterocycles. The van der Waals surface area contributed by atoms with Crippen LogP contribution in [0.4, 0.5) is 14.5 Å². The molecule has 0 bridgehead atoms. The quantitative estimate of drug-likeness (QED) is 0.630. The van der Waals surface area contributed by atoms with Gasteiger partial charge in [0.25, 0.3) is 0 Å². The fraction of sp³-hybridized carbons (Fsp3) is 0.0769. The minimum Gasteiger partial charge on any atom is -0.489 e. The zero-order valence-electron chi connectivity index (χ0n) is 9.98. The highest BCUT2D eigenvalue weighted by Crippen LogP contribution is 2.25. The molecule has 4 nitrogen and oxygen atoms in total. The molecule has 0 aliphatic heterocycles. The summed E-state index contributed by atoms with van der Waals surface area (Å²) in [5.74, 6) is -1.49. The summed E-state index contributed by atoms with van der Waals surface area (Å²) >= 11 is 5.74. The Morgan fingerprint density at radius 2 is 1.95 bits per heavy atom. The molecule has 0 N–H and O–H groups in total. The maximum atomic E-state index is 13.4. The minimum atomic E-state index is -1.00. The van der Waals surface area contributed by atoms with Gasteiger partial charge in [0.1, 0.15) is 18.2 Å². The highest BCUT2D eigenvalue weighted by molar-refractivity contribution is 6.31. The molecular weight excluding hydrogens is 292 g/mol. The Morgan fingerprint density at radius 1 is 1.20 bits per heavy atom. The summed E-state index contributed by atoms with van der Waals surface area (Å²) in [5, 5.41) is 10.4. The second kappa shape index (κ2) is 5.83. The first-order valence-corrected chi connectivity index (χ1v) is 5.86. The van der Waals surface area contributed by atoms with E-state index in [1.807, 2.05) is 0 Å². The molecule has 2 rings (SSSR count). The molecule has 0 aliphatic carbocycles. The van der Waals surface area contributed by atoms with Crippen LogP contribution in [0.25, 0.3) is 0 Å². The van der Waals surface area contributed by atoms with Crippen molar-refractivity contribution in [2.75, 3.05) is 0 Å². The molecule has 2 aromatic rings. The number of hydrogen-bond acceptors (Lipinski definition) is 3. The fourth-order valence-electron chi connectivity index (χ4n) is 1.55. The Morgan fingerprint density at radius 3 is 2.60 bits per heavy atom.